The van der Waals surface area contributed by atoms with Gasteiger partial charge in [0.05, 0.1) is 6.61 Å². The molecular formula is C10H20Cl2N2O. The second-order valence-corrected chi connectivity index (χ2v) is 5.56. The van der Waals surface area contributed by atoms with E-state index in [1.165, 1.54) is 0 Å². The monoisotopic (exact) mass is 254 g/mol. The average Bonchev–Trinajstić information content (AvgIpc) is 2.28. The van der Waals surface area contributed by atoms with Gasteiger partial charge in [-0.15, -0.1) is 0 Å². The molecule has 1 fully saturated rings. The molecule has 0 spiro atoms. The smallest absolute Gasteiger partial charge is 0.163 e. The largest absolute Gasteiger partial charge is 0.359 e. The zero-order valence-corrected chi connectivity index (χ0v) is 11.3. The van der Waals surface area contributed by atoms with Gasteiger partial charge in [0, 0.05) is 6.04 Å². The first-order valence-electron chi connectivity index (χ1n) is 5.16. The molecule has 3 nitrogen and oxygen atoms in total. The van der Waals surface area contributed by atoms with Crippen molar-refractivity contribution in [1.29, 1.82) is 0 Å². The number of halogens is 2. The summed E-state index contributed by atoms with van der Waals surface area (Å²) in [6, 6.07) is 0.411. The molecule has 0 aromatic carbocycles. The van der Waals surface area contributed by atoms with Crippen molar-refractivity contribution >= 4 is 23.2 Å². The third-order valence-electron chi connectivity index (χ3n) is 3.06. The standard InChI is InChI=1S/C10H20Cl2N2O/c1-13(2)8-5-6-15-9(11)10(12,7-8)14(3)4/h8-9H,5-7H2,1-4H3. The van der Waals surface area contributed by atoms with Gasteiger partial charge in [0.25, 0.3) is 0 Å². The van der Waals surface area contributed by atoms with Crippen LogP contribution in [0.5, 0.6) is 0 Å². The second-order valence-electron chi connectivity index (χ2n) is 4.51. The quantitative estimate of drug-likeness (QED) is 0.552. The summed E-state index contributed by atoms with van der Waals surface area (Å²) < 4.78 is 5.53. The first kappa shape index (κ1) is 13.5. The van der Waals surface area contributed by atoms with Gasteiger partial charge in [0.15, 0.2) is 5.56 Å². The van der Waals surface area contributed by atoms with Crippen LogP contribution in [0.2, 0.25) is 0 Å². The minimum atomic E-state index is -0.618. The van der Waals surface area contributed by atoms with Gasteiger partial charge in [-0.25, -0.2) is 0 Å². The number of rotatable bonds is 2. The minimum Gasteiger partial charge on any atom is -0.359 e. The van der Waals surface area contributed by atoms with Crippen LogP contribution in [-0.2, 0) is 4.74 Å². The second kappa shape index (κ2) is 5.19. The lowest BCUT2D eigenvalue weighted by molar-refractivity contribution is 0.0450. The number of hydrogen-bond donors (Lipinski definition) is 0. The molecule has 1 heterocycles. The Morgan fingerprint density at radius 1 is 1.27 bits per heavy atom. The zero-order chi connectivity index (χ0) is 11.6. The molecule has 0 amide bonds. The van der Waals surface area contributed by atoms with Crippen LogP contribution in [-0.4, -0.2) is 61.2 Å². The van der Waals surface area contributed by atoms with Crippen LogP contribution in [0.15, 0.2) is 0 Å². The van der Waals surface area contributed by atoms with Gasteiger partial charge in [-0.1, -0.05) is 23.2 Å². The Kier molecular flexibility index (Phi) is 4.68. The summed E-state index contributed by atoms with van der Waals surface area (Å²) >= 11 is 12.7. The van der Waals surface area contributed by atoms with Crippen LogP contribution in [0.4, 0.5) is 0 Å². The highest BCUT2D eigenvalue weighted by Gasteiger charge is 2.43. The molecular weight excluding hydrogens is 235 g/mol. The highest BCUT2D eigenvalue weighted by atomic mass is 35.5. The Balaban J connectivity index is 2.82. The zero-order valence-electron chi connectivity index (χ0n) is 9.83. The van der Waals surface area contributed by atoms with Crippen molar-refractivity contribution in [3.8, 4) is 0 Å². The predicted octanol–water partition coefficient (Wildman–Crippen LogP) is 1.79. The molecule has 0 radical (unpaired) electrons. The fraction of sp³-hybridized carbons (Fsp3) is 1.00. The van der Waals surface area contributed by atoms with Crippen LogP contribution >= 0.6 is 23.2 Å². The van der Waals surface area contributed by atoms with E-state index in [9.17, 15) is 0 Å². The lowest BCUT2D eigenvalue weighted by atomic mass is 10.0. The summed E-state index contributed by atoms with van der Waals surface area (Å²) in [7, 11) is 7.99. The van der Waals surface area contributed by atoms with E-state index < -0.39 is 10.6 Å². The number of hydrogen-bond acceptors (Lipinski definition) is 3. The molecule has 3 unspecified atom stereocenters. The van der Waals surface area contributed by atoms with E-state index in [4.69, 9.17) is 27.9 Å². The van der Waals surface area contributed by atoms with Crippen molar-refractivity contribution in [3.63, 3.8) is 0 Å². The molecule has 0 N–H and O–H groups in total. The van der Waals surface area contributed by atoms with Crippen LogP contribution in [0.25, 0.3) is 0 Å². The molecule has 15 heavy (non-hydrogen) atoms. The Morgan fingerprint density at radius 3 is 2.33 bits per heavy atom. The van der Waals surface area contributed by atoms with Gasteiger partial charge in [-0.3, -0.25) is 4.90 Å². The summed E-state index contributed by atoms with van der Waals surface area (Å²) in [5.41, 5.74) is -0.459. The lowest BCUT2D eigenvalue weighted by Crippen LogP contribution is -2.49. The molecule has 1 saturated heterocycles. The third-order valence-corrected chi connectivity index (χ3v) is 4.35. The normalized spacial score (nSPS) is 38.4. The van der Waals surface area contributed by atoms with Gasteiger partial charge in [0.1, 0.15) is 5.00 Å². The van der Waals surface area contributed by atoms with E-state index in [-0.39, 0.29) is 0 Å². The molecule has 1 aliphatic rings. The predicted molar refractivity (Wildman–Crippen MR) is 64.6 cm³/mol. The number of ether oxygens (including phenoxy) is 1. The Hall–Kier alpha value is 0.460. The highest BCUT2D eigenvalue weighted by Crippen LogP contribution is 2.36. The summed E-state index contributed by atoms with van der Waals surface area (Å²) in [5.74, 6) is 0. The van der Waals surface area contributed by atoms with Gasteiger partial charge >= 0.3 is 0 Å². The van der Waals surface area contributed by atoms with Crippen molar-refractivity contribution in [3.05, 3.63) is 0 Å². The number of likely N-dealkylation sites (N-methyl/N-ethyl adjacent to an activating group) is 1. The first-order chi connectivity index (χ1) is 6.88. The van der Waals surface area contributed by atoms with E-state index >= 15 is 0 Å². The molecule has 0 saturated carbocycles. The third kappa shape index (κ3) is 2.98. The van der Waals surface area contributed by atoms with Crippen molar-refractivity contribution < 1.29 is 4.74 Å². The van der Waals surface area contributed by atoms with Crippen LogP contribution in [0.3, 0.4) is 0 Å². The number of nitrogens with zero attached hydrogens (tertiary/aromatic N) is 2. The molecule has 1 rings (SSSR count). The summed E-state index contributed by atoms with van der Waals surface area (Å²) in [6.07, 6.45) is 1.78. The Bertz CT molecular complexity index is 214. The molecule has 3 atom stereocenters. The minimum absolute atomic E-state index is 0.411. The van der Waals surface area contributed by atoms with Crippen molar-refractivity contribution in [2.24, 2.45) is 0 Å². The summed E-state index contributed by atoms with van der Waals surface area (Å²) in [6.45, 7) is 0.666. The van der Waals surface area contributed by atoms with Crippen LogP contribution in [0, 0.1) is 0 Å². The SMILES string of the molecule is CN(C)C1CCOC(Cl)C(Cl)(N(C)C)C1. The summed E-state index contributed by atoms with van der Waals surface area (Å²) in [5, 5.41) is 0. The van der Waals surface area contributed by atoms with Gasteiger partial charge in [0.2, 0.25) is 0 Å². The van der Waals surface area contributed by atoms with Gasteiger partial charge in [-0.2, -0.15) is 0 Å². The van der Waals surface area contributed by atoms with Gasteiger partial charge < -0.3 is 9.64 Å². The molecule has 0 bridgehead atoms. The lowest BCUT2D eigenvalue weighted by Gasteiger charge is -2.38. The molecule has 1 aliphatic heterocycles. The summed E-state index contributed by atoms with van der Waals surface area (Å²) in [4.78, 5) is 3.50. The molecule has 90 valence electrons. The van der Waals surface area contributed by atoms with Crippen molar-refractivity contribution in [1.82, 2.24) is 9.80 Å². The molecule has 0 aromatic heterocycles. The van der Waals surface area contributed by atoms with Crippen LogP contribution in [0.1, 0.15) is 12.8 Å². The van der Waals surface area contributed by atoms with E-state index in [0.29, 0.717) is 12.6 Å². The van der Waals surface area contributed by atoms with Gasteiger partial charge in [-0.05, 0) is 41.0 Å². The molecule has 5 heteroatoms. The van der Waals surface area contributed by atoms with E-state index in [1.54, 1.807) is 0 Å². The fourth-order valence-electron chi connectivity index (χ4n) is 1.79. The fourth-order valence-corrected chi connectivity index (χ4v) is 2.40. The highest BCUT2D eigenvalue weighted by molar-refractivity contribution is 6.31. The molecule has 0 aromatic rings. The van der Waals surface area contributed by atoms with Crippen molar-refractivity contribution in [2.45, 2.75) is 29.4 Å². The molecule has 0 aliphatic carbocycles. The maximum absolute atomic E-state index is 6.55. The van der Waals surface area contributed by atoms with Crippen molar-refractivity contribution in [2.75, 3.05) is 34.8 Å². The first-order valence-corrected chi connectivity index (χ1v) is 5.98. The van der Waals surface area contributed by atoms with E-state index in [0.717, 1.165) is 12.8 Å². The van der Waals surface area contributed by atoms with E-state index in [1.807, 2.05) is 19.0 Å². The average molecular weight is 255 g/mol. The Morgan fingerprint density at radius 2 is 1.87 bits per heavy atom. The maximum Gasteiger partial charge on any atom is 0.163 e. The van der Waals surface area contributed by atoms with Crippen LogP contribution < -0.4 is 0 Å². The Labute approximate surface area is 102 Å². The number of alkyl halides is 2. The maximum atomic E-state index is 6.55. The van der Waals surface area contributed by atoms with E-state index in [2.05, 4.69) is 19.0 Å². The topological polar surface area (TPSA) is 15.7 Å².